The van der Waals surface area contributed by atoms with E-state index in [1.807, 2.05) is 37.3 Å². The van der Waals surface area contributed by atoms with Crippen LogP contribution in [0.5, 0.6) is 5.75 Å². The lowest BCUT2D eigenvalue weighted by molar-refractivity contribution is -0.330. The van der Waals surface area contributed by atoms with Crippen molar-refractivity contribution in [1.29, 1.82) is 0 Å². The summed E-state index contributed by atoms with van der Waals surface area (Å²) in [6, 6.07) is 22.1. The van der Waals surface area contributed by atoms with Gasteiger partial charge in [0.25, 0.3) is 0 Å². The van der Waals surface area contributed by atoms with E-state index in [4.69, 9.17) is 23.4 Å². The maximum Gasteiger partial charge on any atom is 0.345 e. The zero-order valence-corrected chi connectivity index (χ0v) is 29.1. The highest BCUT2D eigenvalue weighted by Gasteiger charge is 2.71. The Balaban J connectivity index is 1.21. The fourth-order valence-electron chi connectivity index (χ4n) is 9.42. The van der Waals surface area contributed by atoms with Crippen LogP contribution in [0.15, 0.2) is 98.9 Å². The third-order valence-corrected chi connectivity index (χ3v) is 12.3. The Bertz CT molecular complexity index is 1940. The van der Waals surface area contributed by atoms with Gasteiger partial charge in [0.1, 0.15) is 28.8 Å². The Kier molecular flexibility index (Phi) is 7.86. The van der Waals surface area contributed by atoms with Gasteiger partial charge in [-0.1, -0.05) is 60.1 Å². The smallest absolute Gasteiger partial charge is 0.345 e. The number of ether oxygens (including phenoxy) is 4. The zero-order chi connectivity index (χ0) is 34.1. The first-order chi connectivity index (χ1) is 23.5. The van der Waals surface area contributed by atoms with E-state index in [2.05, 4.69) is 34.8 Å². The Morgan fingerprint density at radius 2 is 1.80 bits per heavy atom. The Morgan fingerprint density at radius 3 is 2.53 bits per heavy atom. The van der Waals surface area contributed by atoms with Crippen LogP contribution in [0.25, 0.3) is 11.3 Å². The topological polar surface area (TPSA) is 117 Å². The molecule has 49 heavy (non-hydrogen) atoms. The molecule has 0 bridgehead atoms. The Morgan fingerprint density at radius 1 is 1.02 bits per heavy atom. The number of esters is 1. The van der Waals surface area contributed by atoms with Gasteiger partial charge in [-0.2, -0.15) is 0 Å². The van der Waals surface area contributed by atoms with Crippen LogP contribution in [0.3, 0.4) is 0 Å². The first-order valence-corrected chi connectivity index (χ1v) is 17.5. The molecule has 2 aromatic heterocycles. The summed E-state index contributed by atoms with van der Waals surface area (Å²) in [7, 11) is 0. The summed E-state index contributed by atoms with van der Waals surface area (Å²) in [5, 5.41) is 12.4. The van der Waals surface area contributed by atoms with E-state index >= 15 is 0 Å². The summed E-state index contributed by atoms with van der Waals surface area (Å²) in [6.45, 7) is 6.66. The van der Waals surface area contributed by atoms with Crippen LogP contribution in [-0.2, 0) is 14.2 Å². The molecule has 3 unspecified atom stereocenters. The SMILES string of the molecule is C[C@]12CC[C@@H]3OC(c4ccccc4)OC[C@@]3(C)C1C[C@H](OC(=O)c1ccc(Br)cc1)[C@@]1(C)Oc3cc(-c4cccnc4)oc(=O)c3[C@H](O)C21. The monoisotopic (exact) mass is 727 g/mol. The second-order valence-electron chi connectivity index (χ2n) is 14.5. The molecule has 2 saturated carbocycles. The molecule has 9 nitrogen and oxygen atoms in total. The molecule has 4 aliphatic rings. The zero-order valence-electron chi connectivity index (χ0n) is 27.5. The van der Waals surface area contributed by atoms with Crippen LogP contribution in [0.4, 0.5) is 0 Å². The molecule has 0 spiro atoms. The van der Waals surface area contributed by atoms with Gasteiger partial charge in [0.2, 0.25) is 0 Å². The van der Waals surface area contributed by atoms with Crippen LogP contribution in [0.2, 0.25) is 0 Å². The van der Waals surface area contributed by atoms with Crippen molar-refractivity contribution in [3.05, 3.63) is 117 Å². The largest absolute Gasteiger partial charge is 0.482 e. The molecule has 9 atom stereocenters. The molecule has 1 N–H and O–H groups in total. The molecule has 10 heteroatoms. The second-order valence-corrected chi connectivity index (χ2v) is 15.5. The molecular formula is C39H38BrNO8. The number of aromatic nitrogens is 1. The van der Waals surface area contributed by atoms with Gasteiger partial charge in [0.05, 0.1) is 24.4 Å². The lowest BCUT2D eigenvalue weighted by Gasteiger charge is -2.67. The Labute approximate surface area is 292 Å². The number of aliphatic hydroxyl groups excluding tert-OH is 1. The summed E-state index contributed by atoms with van der Waals surface area (Å²) in [5.41, 5.74) is -0.892. The molecule has 4 aromatic rings. The van der Waals surface area contributed by atoms with Gasteiger partial charge in [-0.3, -0.25) is 4.98 Å². The molecule has 3 fully saturated rings. The molecule has 254 valence electrons. The van der Waals surface area contributed by atoms with Crippen molar-refractivity contribution >= 4 is 21.9 Å². The van der Waals surface area contributed by atoms with E-state index in [0.29, 0.717) is 30.6 Å². The van der Waals surface area contributed by atoms with Crippen molar-refractivity contribution in [2.24, 2.45) is 22.7 Å². The number of carbonyl (C=O) groups is 1. The van der Waals surface area contributed by atoms with Crippen LogP contribution < -0.4 is 10.4 Å². The Hall–Kier alpha value is -3.83. The number of benzene rings is 2. The highest BCUT2D eigenvalue weighted by atomic mass is 79.9. The molecule has 4 heterocycles. The number of pyridine rings is 1. The van der Waals surface area contributed by atoms with Crippen molar-refractivity contribution < 1.29 is 33.3 Å². The fourth-order valence-corrected chi connectivity index (χ4v) is 9.69. The van der Waals surface area contributed by atoms with Crippen molar-refractivity contribution in [2.45, 2.75) is 70.2 Å². The quantitative estimate of drug-likeness (QED) is 0.214. The molecule has 0 amide bonds. The van der Waals surface area contributed by atoms with Gasteiger partial charge < -0.3 is 28.5 Å². The van der Waals surface area contributed by atoms with Crippen LogP contribution in [0.1, 0.15) is 73.9 Å². The number of aliphatic hydroxyl groups is 1. The number of hydrogen-bond acceptors (Lipinski definition) is 9. The van der Waals surface area contributed by atoms with E-state index < -0.39 is 52.4 Å². The van der Waals surface area contributed by atoms with Gasteiger partial charge in [0, 0.05) is 45.4 Å². The van der Waals surface area contributed by atoms with Crippen LogP contribution in [-0.4, -0.2) is 40.5 Å². The lowest BCUT2D eigenvalue weighted by atomic mass is 9.42. The second kappa shape index (κ2) is 11.9. The molecule has 2 aliphatic carbocycles. The van der Waals surface area contributed by atoms with E-state index in [9.17, 15) is 14.7 Å². The van der Waals surface area contributed by atoms with Crippen molar-refractivity contribution in [3.63, 3.8) is 0 Å². The molecular weight excluding hydrogens is 690 g/mol. The van der Waals surface area contributed by atoms with E-state index in [1.54, 1.807) is 54.9 Å². The number of nitrogens with zero attached hydrogens (tertiary/aromatic N) is 1. The minimum Gasteiger partial charge on any atom is -0.482 e. The third kappa shape index (κ3) is 5.18. The molecule has 0 radical (unpaired) electrons. The average Bonchev–Trinajstić information content (AvgIpc) is 3.09. The van der Waals surface area contributed by atoms with Crippen LogP contribution >= 0.6 is 15.9 Å². The van der Waals surface area contributed by atoms with E-state index in [0.717, 1.165) is 16.5 Å². The summed E-state index contributed by atoms with van der Waals surface area (Å²) in [6.07, 6.45) is 2.43. The van der Waals surface area contributed by atoms with Gasteiger partial charge in [-0.05, 0) is 73.9 Å². The number of rotatable bonds is 4. The standard InChI is InChI=1S/C39H38BrNO8/c1-37-16-15-29-38(2,21-45-36(48-29)23-8-5-4-6-9-23)28(37)19-30(47-34(43)22-11-13-25(40)14-12-22)39(3)33(37)32(42)31-27(49-39)18-26(46-35(31)44)24-10-7-17-41-20-24/h4-14,17-18,20,28-30,32-33,36,42H,15-16,19,21H2,1-3H3/t28?,29-,30-,32-,33?,36?,37-,38-,39+/m0/s1. The number of halogens is 1. The fraction of sp³-hybridized carbons (Fsp3) is 0.410. The lowest BCUT2D eigenvalue weighted by Crippen LogP contribution is -2.71. The minimum atomic E-state index is -1.25. The first-order valence-electron chi connectivity index (χ1n) is 16.8. The first kappa shape index (κ1) is 32.4. The molecule has 2 aromatic carbocycles. The maximum atomic E-state index is 13.8. The minimum absolute atomic E-state index is 0.0718. The summed E-state index contributed by atoms with van der Waals surface area (Å²) < 4.78 is 33.0. The average molecular weight is 729 g/mol. The number of fused-ring (bicyclic) bond motifs is 6. The van der Waals surface area contributed by atoms with Gasteiger partial charge in [-0.15, -0.1) is 0 Å². The highest BCUT2D eigenvalue weighted by Crippen LogP contribution is 2.68. The number of carbonyl (C=O) groups excluding carboxylic acids is 1. The highest BCUT2D eigenvalue weighted by molar-refractivity contribution is 9.10. The van der Waals surface area contributed by atoms with Gasteiger partial charge in [0.15, 0.2) is 6.29 Å². The van der Waals surface area contributed by atoms with Crippen molar-refractivity contribution in [1.82, 2.24) is 4.98 Å². The van der Waals surface area contributed by atoms with E-state index in [-0.39, 0.29) is 29.1 Å². The summed E-state index contributed by atoms with van der Waals surface area (Å²) in [4.78, 5) is 31.6. The predicted molar refractivity (Wildman–Crippen MR) is 183 cm³/mol. The number of hydrogen-bond donors (Lipinski definition) is 1. The third-order valence-electron chi connectivity index (χ3n) is 11.8. The van der Waals surface area contributed by atoms with Crippen LogP contribution in [0, 0.1) is 22.7 Å². The van der Waals surface area contributed by atoms with Gasteiger partial charge in [-0.25, -0.2) is 9.59 Å². The van der Waals surface area contributed by atoms with E-state index in [1.165, 1.54) is 0 Å². The van der Waals surface area contributed by atoms with Gasteiger partial charge >= 0.3 is 11.6 Å². The predicted octanol–water partition coefficient (Wildman–Crippen LogP) is 7.43. The van der Waals surface area contributed by atoms with Crippen molar-refractivity contribution in [3.8, 4) is 17.1 Å². The normalized spacial score (nSPS) is 34.7. The summed E-state index contributed by atoms with van der Waals surface area (Å²) in [5.74, 6) is -0.773. The maximum absolute atomic E-state index is 13.8. The molecule has 2 aliphatic heterocycles. The summed E-state index contributed by atoms with van der Waals surface area (Å²) >= 11 is 3.44. The molecule has 1 saturated heterocycles. The van der Waals surface area contributed by atoms with Crippen molar-refractivity contribution in [2.75, 3.05) is 6.61 Å². The molecule has 8 rings (SSSR count).